The van der Waals surface area contributed by atoms with Crippen molar-refractivity contribution in [1.29, 1.82) is 5.26 Å². The van der Waals surface area contributed by atoms with Crippen LogP contribution >= 0.6 is 15.9 Å². The van der Waals surface area contributed by atoms with E-state index in [2.05, 4.69) is 32.6 Å². The van der Waals surface area contributed by atoms with Gasteiger partial charge in [0.05, 0.1) is 5.56 Å². The maximum absolute atomic E-state index is 11.4. The molecule has 2 N–H and O–H groups in total. The molecular weight excluding hydrogens is 346 g/mol. The molecule has 0 aliphatic carbocycles. The molecule has 1 rings (SSSR count). The number of nitriles is 1. The molecule has 0 saturated carbocycles. The highest BCUT2D eigenvalue weighted by molar-refractivity contribution is 9.10. The number of benzene rings is 1. The third-order valence-corrected chi connectivity index (χ3v) is 3.37. The summed E-state index contributed by atoms with van der Waals surface area (Å²) in [6.07, 6.45) is 0.460. The van der Waals surface area contributed by atoms with Gasteiger partial charge in [0, 0.05) is 17.6 Å². The standard InChI is InChI=1S/C16H22BrN3O2/c1-16(2,3)22-15(21)20-9-8-19-7-6-12-4-5-13(11-18)14(17)10-12/h4-5,10,19H,6-9H2,1-3H3,(H,20,21). The van der Waals surface area contributed by atoms with Gasteiger partial charge in [-0.1, -0.05) is 6.07 Å². The summed E-state index contributed by atoms with van der Waals surface area (Å²) < 4.78 is 5.96. The van der Waals surface area contributed by atoms with Crippen LogP contribution in [0, 0.1) is 11.3 Å². The molecule has 120 valence electrons. The lowest BCUT2D eigenvalue weighted by molar-refractivity contribution is 0.0528. The minimum atomic E-state index is -0.472. The fraction of sp³-hybridized carbons (Fsp3) is 0.500. The molecule has 6 heteroatoms. The van der Waals surface area contributed by atoms with E-state index in [4.69, 9.17) is 10.00 Å². The molecule has 0 unspecified atom stereocenters. The predicted molar refractivity (Wildman–Crippen MR) is 89.7 cm³/mol. The van der Waals surface area contributed by atoms with Crippen LogP contribution in [0.5, 0.6) is 0 Å². The zero-order valence-corrected chi connectivity index (χ0v) is 14.8. The maximum atomic E-state index is 11.4. The number of halogens is 1. The number of rotatable bonds is 6. The van der Waals surface area contributed by atoms with Crippen molar-refractivity contribution < 1.29 is 9.53 Å². The molecule has 1 aromatic rings. The van der Waals surface area contributed by atoms with Crippen LogP contribution in [0.15, 0.2) is 22.7 Å². The maximum Gasteiger partial charge on any atom is 0.407 e. The summed E-state index contributed by atoms with van der Waals surface area (Å²) >= 11 is 3.38. The Morgan fingerprint density at radius 1 is 1.32 bits per heavy atom. The minimum Gasteiger partial charge on any atom is -0.444 e. The molecule has 0 radical (unpaired) electrons. The highest BCUT2D eigenvalue weighted by atomic mass is 79.9. The normalized spacial score (nSPS) is 10.9. The van der Waals surface area contributed by atoms with Gasteiger partial charge in [-0.2, -0.15) is 5.26 Å². The highest BCUT2D eigenvalue weighted by Crippen LogP contribution is 2.17. The van der Waals surface area contributed by atoms with Crippen LogP contribution in [0.4, 0.5) is 4.79 Å². The topological polar surface area (TPSA) is 74.2 Å². The number of nitrogens with one attached hydrogen (secondary N) is 2. The fourth-order valence-corrected chi connectivity index (χ4v) is 2.24. The van der Waals surface area contributed by atoms with Crippen molar-refractivity contribution in [2.45, 2.75) is 32.8 Å². The summed E-state index contributed by atoms with van der Waals surface area (Å²) in [6, 6.07) is 7.83. The SMILES string of the molecule is CC(C)(C)OC(=O)NCCNCCc1ccc(C#N)c(Br)c1. The van der Waals surface area contributed by atoms with Gasteiger partial charge in [0.15, 0.2) is 0 Å². The molecule has 0 spiro atoms. The van der Waals surface area contributed by atoms with Crippen molar-refractivity contribution in [2.75, 3.05) is 19.6 Å². The van der Waals surface area contributed by atoms with Crippen LogP contribution in [0.1, 0.15) is 31.9 Å². The van der Waals surface area contributed by atoms with Gasteiger partial charge >= 0.3 is 6.09 Å². The fourth-order valence-electron chi connectivity index (χ4n) is 1.73. The van der Waals surface area contributed by atoms with E-state index in [-0.39, 0.29) is 0 Å². The first-order chi connectivity index (χ1) is 10.3. The summed E-state index contributed by atoms with van der Waals surface area (Å²) in [5.41, 5.74) is 1.32. The Hall–Kier alpha value is -1.58. The molecule has 0 heterocycles. The molecule has 0 atom stereocenters. The van der Waals surface area contributed by atoms with Gasteiger partial charge in [-0.3, -0.25) is 0 Å². The van der Waals surface area contributed by atoms with E-state index in [0.29, 0.717) is 18.7 Å². The van der Waals surface area contributed by atoms with Gasteiger partial charge in [0.25, 0.3) is 0 Å². The highest BCUT2D eigenvalue weighted by Gasteiger charge is 2.15. The van der Waals surface area contributed by atoms with Crippen molar-refractivity contribution in [3.05, 3.63) is 33.8 Å². The number of alkyl carbamates (subject to hydrolysis) is 1. The number of carbonyl (C=O) groups excluding carboxylic acids is 1. The second-order valence-electron chi connectivity index (χ2n) is 5.85. The summed E-state index contributed by atoms with van der Waals surface area (Å²) in [6.45, 7) is 7.50. The molecule has 1 aromatic carbocycles. The van der Waals surface area contributed by atoms with Gasteiger partial charge < -0.3 is 15.4 Å². The van der Waals surface area contributed by atoms with E-state index in [9.17, 15) is 4.79 Å². The van der Waals surface area contributed by atoms with Crippen molar-refractivity contribution in [1.82, 2.24) is 10.6 Å². The van der Waals surface area contributed by atoms with Crippen LogP contribution in [0.2, 0.25) is 0 Å². The summed E-state index contributed by atoms with van der Waals surface area (Å²) in [7, 11) is 0. The van der Waals surface area contributed by atoms with E-state index < -0.39 is 11.7 Å². The Kier molecular flexibility index (Phi) is 7.36. The van der Waals surface area contributed by atoms with E-state index in [1.54, 1.807) is 0 Å². The summed E-state index contributed by atoms with van der Waals surface area (Å²) in [4.78, 5) is 11.4. The van der Waals surface area contributed by atoms with Crippen molar-refractivity contribution in [3.63, 3.8) is 0 Å². The second kappa shape index (κ2) is 8.76. The Bertz CT molecular complexity index is 547. The monoisotopic (exact) mass is 367 g/mol. The zero-order valence-electron chi connectivity index (χ0n) is 13.2. The lowest BCUT2D eigenvalue weighted by Crippen LogP contribution is -2.36. The molecule has 0 aromatic heterocycles. The van der Waals surface area contributed by atoms with Gasteiger partial charge in [-0.15, -0.1) is 0 Å². The molecule has 0 aliphatic heterocycles. The lowest BCUT2D eigenvalue weighted by Gasteiger charge is -2.19. The molecule has 1 amide bonds. The minimum absolute atomic E-state index is 0.398. The average molecular weight is 368 g/mol. The van der Waals surface area contributed by atoms with E-state index in [1.165, 1.54) is 0 Å². The van der Waals surface area contributed by atoms with Gasteiger partial charge in [0.2, 0.25) is 0 Å². The largest absolute Gasteiger partial charge is 0.444 e. The summed E-state index contributed by atoms with van der Waals surface area (Å²) in [5.74, 6) is 0. The van der Waals surface area contributed by atoms with Crippen LogP contribution in [-0.2, 0) is 11.2 Å². The molecule has 22 heavy (non-hydrogen) atoms. The number of nitrogens with zero attached hydrogens (tertiary/aromatic N) is 1. The van der Waals surface area contributed by atoms with Crippen LogP contribution in [0.3, 0.4) is 0 Å². The Labute approximate surface area is 140 Å². The van der Waals surface area contributed by atoms with Crippen molar-refractivity contribution in [2.24, 2.45) is 0 Å². The molecule has 5 nitrogen and oxygen atoms in total. The first-order valence-corrected chi connectivity index (χ1v) is 7.97. The van der Waals surface area contributed by atoms with E-state index in [1.807, 2.05) is 39.0 Å². The third-order valence-electron chi connectivity index (χ3n) is 2.71. The lowest BCUT2D eigenvalue weighted by atomic mass is 10.1. The van der Waals surface area contributed by atoms with Gasteiger partial charge in [-0.25, -0.2) is 4.79 Å². The first kappa shape index (κ1) is 18.5. The number of ether oxygens (including phenoxy) is 1. The molecule has 0 fully saturated rings. The van der Waals surface area contributed by atoms with E-state index in [0.717, 1.165) is 23.0 Å². The van der Waals surface area contributed by atoms with Crippen LogP contribution < -0.4 is 10.6 Å². The molecule has 0 aliphatic rings. The summed E-state index contributed by atoms with van der Waals surface area (Å²) in [5, 5.41) is 14.8. The number of hydrogen-bond acceptors (Lipinski definition) is 4. The number of hydrogen-bond donors (Lipinski definition) is 2. The number of amides is 1. The van der Waals surface area contributed by atoms with Crippen LogP contribution in [0.25, 0.3) is 0 Å². The van der Waals surface area contributed by atoms with Gasteiger partial charge in [-0.05, 0) is 67.4 Å². The zero-order chi connectivity index (χ0) is 16.6. The molecular formula is C16H22BrN3O2. The second-order valence-corrected chi connectivity index (χ2v) is 6.71. The Morgan fingerprint density at radius 2 is 2.05 bits per heavy atom. The number of carbonyl (C=O) groups is 1. The Morgan fingerprint density at radius 3 is 2.64 bits per heavy atom. The predicted octanol–water partition coefficient (Wildman–Crippen LogP) is 2.98. The van der Waals surface area contributed by atoms with Gasteiger partial charge in [0.1, 0.15) is 11.7 Å². The average Bonchev–Trinajstić information content (AvgIpc) is 2.41. The van der Waals surface area contributed by atoms with E-state index >= 15 is 0 Å². The van der Waals surface area contributed by atoms with Crippen molar-refractivity contribution in [3.8, 4) is 6.07 Å². The molecule has 0 saturated heterocycles. The quantitative estimate of drug-likeness (QED) is 0.757. The smallest absolute Gasteiger partial charge is 0.407 e. The third kappa shape index (κ3) is 7.43. The van der Waals surface area contributed by atoms with Crippen LogP contribution in [-0.4, -0.2) is 31.3 Å². The Balaban J connectivity index is 2.17. The van der Waals surface area contributed by atoms with Crippen molar-refractivity contribution >= 4 is 22.0 Å². The first-order valence-electron chi connectivity index (χ1n) is 7.18. The molecule has 0 bridgehead atoms.